The lowest BCUT2D eigenvalue weighted by Crippen LogP contribution is -2.30. The fourth-order valence-corrected chi connectivity index (χ4v) is 2.55. The minimum absolute atomic E-state index is 0.459. The van der Waals surface area contributed by atoms with Crippen LogP contribution in [0.3, 0.4) is 0 Å². The van der Waals surface area contributed by atoms with Crippen molar-refractivity contribution < 1.29 is 5.11 Å². The summed E-state index contributed by atoms with van der Waals surface area (Å²) in [5.74, 6) is 0. The number of hydrogen-bond acceptors (Lipinski definition) is 2. The van der Waals surface area contributed by atoms with Gasteiger partial charge < -0.3 is 10.0 Å². The molecule has 0 spiro atoms. The topological polar surface area (TPSA) is 23.5 Å². The summed E-state index contributed by atoms with van der Waals surface area (Å²) in [5.41, 5.74) is 0.714. The number of hydrogen-bond donors (Lipinski definition) is 1. The van der Waals surface area contributed by atoms with Gasteiger partial charge in [-0.25, -0.2) is 0 Å². The molecule has 1 N–H and O–H groups in total. The van der Waals surface area contributed by atoms with E-state index in [0.717, 1.165) is 6.54 Å². The van der Waals surface area contributed by atoms with E-state index in [1.165, 1.54) is 12.8 Å². The first-order chi connectivity index (χ1) is 8.97. The quantitative estimate of drug-likeness (QED) is 0.799. The van der Waals surface area contributed by atoms with Gasteiger partial charge in [0, 0.05) is 18.2 Å². The lowest BCUT2D eigenvalue weighted by Gasteiger charge is -2.25. The number of rotatable bonds is 7. The SMILES string of the molecule is CCCC(C)N(C)CCC(O)c1cccc(Cl)c1Cl. The summed E-state index contributed by atoms with van der Waals surface area (Å²) in [6, 6.07) is 5.91. The van der Waals surface area contributed by atoms with Crippen molar-refractivity contribution in [2.24, 2.45) is 0 Å². The molecule has 2 unspecified atom stereocenters. The Morgan fingerprint density at radius 1 is 1.26 bits per heavy atom. The number of nitrogens with zero attached hydrogens (tertiary/aromatic N) is 1. The van der Waals surface area contributed by atoms with Gasteiger partial charge in [0.25, 0.3) is 0 Å². The standard InChI is InChI=1S/C15H23Cl2NO/c1-4-6-11(2)18(3)10-9-14(19)12-7-5-8-13(16)15(12)17/h5,7-8,11,14,19H,4,6,9-10H2,1-3H3. The van der Waals surface area contributed by atoms with Crippen LogP contribution in [0.25, 0.3) is 0 Å². The van der Waals surface area contributed by atoms with Crippen LogP contribution in [0.1, 0.15) is 44.8 Å². The average Bonchev–Trinajstić information content (AvgIpc) is 2.39. The molecule has 0 fully saturated rings. The maximum atomic E-state index is 10.2. The van der Waals surface area contributed by atoms with Crippen LogP contribution in [0.15, 0.2) is 18.2 Å². The summed E-state index contributed by atoms with van der Waals surface area (Å²) >= 11 is 12.1. The molecule has 0 aromatic heterocycles. The van der Waals surface area contributed by atoms with E-state index in [2.05, 4.69) is 25.8 Å². The molecule has 0 saturated heterocycles. The van der Waals surface area contributed by atoms with Crippen LogP contribution in [0, 0.1) is 0 Å². The van der Waals surface area contributed by atoms with Gasteiger partial charge in [0.2, 0.25) is 0 Å². The third kappa shape index (κ3) is 4.96. The molecular formula is C15H23Cl2NO. The molecule has 0 heterocycles. The Morgan fingerprint density at radius 2 is 1.95 bits per heavy atom. The Kier molecular flexibility index (Phi) is 7.16. The van der Waals surface area contributed by atoms with Crippen molar-refractivity contribution in [3.8, 4) is 0 Å². The molecule has 0 bridgehead atoms. The summed E-state index contributed by atoms with van der Waals surface area (Å²) in [4.78, 5) is 2.27. The second kappa shape index (κ2) is 8.11. The lowest BCUT2D eigenvalue weighted by molar-refractivity contribution is 0.137. The number of aliphatic hydroxyl groups is 1. The first-order valence-electron chi connectivity index (χ1n) is 6.79. The largest absolute Gasteiger partial charge is 0.388 e. The summed E-state index contributed by atoms with van der Waals surface area (Å²) in [6.07, 6.45) is 2.44. The molecule has 2 nitrogen and oxygen atoms in total. The Morgan fingerprint density at radius 3 is 2.58 bits per heavy atom. The van der Waals surface area contributed by atoms with Gasteiger partial charge in [0.15, 0.2) is 0 Å². The van der Waals surface area contributed by atoms with Crippen molar-refractivity contribution in [2.75, 3.05) is 13.6 Å². The molecule has 1 aromatic carbocycles. The molecule has 0 radical (unpaired) electrons. The third-order valence-electron chi connectivity index (χ3n) is 3.55. The molecule has 2 atom stereocenters. The minimum Gasteiger partial charge on any atom is -0.388 e. The molecule has 108 valence electrons. The van der Waals surface area contributed by atoms with Gasteiger partial charge in [-0.15, -0.1) is 0 Å². The molecule has 1 rings (SSSR count). The molecule has 0 aliphatic rings. The van der Waals surface area contributed by atoms with Gasteiger partial charge in [0.1, 0.15) is 0 Å². The van der Waals surface area contributed by atoms with Crippen molar-refractivity contribution in [3.05, 3.63) is 33.8 Å². The molecule has 4 heteroatoms. The van der Waals surface area contributed by atoms with Crippen molar-refractivity contribution in [3.63, 3.8) is 0 Å². The maximum absolute atomic E-state index is 10.2. The summed E-state index contributed by atoms with van der Waals surface area (Å²) in [6.45, 7) is 5.23. The molecule has 0 saturated carbocycles. The average molecular weight is 304 g/mol. The second-order valence-corrected chi connectivity index (χ2v) is 5.85. The molecular weight excluding hydrogens is 281 g/mol. The van der Waals surface area contributed by atoms with Crippen LogP contribution in [-0.4, -0.2) is 29.6 Å². The number of halogens is 2. The van der Waals surface area contributed by atoms with E-state index in [9.17, 15) is 5.11 Å². The van der Waals surface area contributed by atoms with Crippen LogP contribution >= 0.6 is 23.2 Å². The first kappa shape index (κ1) is 16.8. The van der Waals surface area contributed by atoms with Crippen molar-refractivity contribution in [1.29, 1.82) is 0 Å². The second-order valence-electron chi connectivity index (χ2n) is 5.07. The normalized spacial score (nSPS) is 14.7. The van der Waals surface area contributed by atoms with E-state index in [1.54, 1.807) is 6.07 Å². The van der Waals surface area contributed by atoms with E-state index >= 15 is 0 Å². The van der Waals surface area contributed by atoms with Gasteiger partial charge >= 0.3 is 0 Å². The molecule has 19 heavy (non-hydrogen) atoms. The highest BCUT2D eigenvalue weighted by Crippen LogP contribution is 2.31. The highest BCUT2D eigenvalue weighted by molar-refractivity contribution is 6.42. The third-order valence-corrected chi connectivity index (χ3v) is 4.39. The Balaban J connectivity index is 2.55. The van der Waals surface area contributed by atoms with Crippen molar-refractivity contribution in [2.45, 2.75) is 45.3 Å². The van der Waals surface area contributed by atoms with E-state index in [4.69, 9.17) is 23.2 Å². The summed E-state index contributed by atoms with van der Waals surface area (Å²) in [7, 11) is 2.09. The molecule has 1 aromatic rings. The lowest BCUT2D eigenvalue weighted by atomic mass is 10.1. The van der Waals surface area contributed by atoms with Crippen molar-refractivity contribution >= 4 is 23.2 Å². The Labute approximate surface area is 126 Å². The molecule has 0 aliphatic carbocycles. The van der Waals surface area contributed by atoms with E-state index in [0.29, 0.717) is 28.1 Å². The maximum Gasteiger partial charge on any atom is 0.0817 e. The van der Waals surface area contributed by atoms with Gasteiger partial charge in [0.05, 0.1) is 16.1 Å². The van der Waals surface area contributed by atoms with Crippen molar-refractivity contribution in [1.82, 2.24) is 4.90 Å². The van der Waals surface area contributed by atoms with Gasteiger partial charge in [-0.3, -0.25) is 0 Å². The first-order valence-corrected chi connectivity index (χ1v) is 7.55. The number of benzene rings is 1. The van der Waals surface area contributed by atoms with Crippen LogP contribution in [-0.2, 0) is 0 Å². The highest BCUT2D eigenvalue weighted by atomic mass is 35.5. The molecule has 0 aliphatic heterocycles. The van der Waals surface area contributed by atoms with E-state index in [-0.39, 0.29) is 0 Å². The van der Waals surface area contributed by atoms with Gasteiger partial charge in [-0.2, -0.15) is 0 Å². The fourth-order valence-electron chi connectivity index (χ4n) is 2.12. The smallest absolute Gasteiger partial charge is 0.0817 e. The van der Waals surface area contributed by atoms with Crippen LogP contribution in [0.5, 0.6) is 0 Å². The molecule has 0 amide bonds. The zero-order chi connectivity index (χ0) is 14.4. The summed E-state index contributed by atoms with van der Waals surface area (Å²) in [5, 5.41) is 11.2. The van der Waals surface area contributed by atoms with Crippen LogP contribution < -0.4 is 0 Å². The predicted molar refractivity (Wildman–Crippen MR) is 83.0 cm³/mol. The summed E-state index contributed by atoms with van der Waals surface area (Å²) < 4.78 is 0. The highest BCUT2D eigenvalue weighted by Gasteiger charge is 2.15. The fraction of sp³-hybridized carbons (Fsp3) is 0.600. The van der Waals surface area contributed by atoms with Gasteiger partial charge in [-0.1, -0.05) is 48.7 Å². The Bertz CT molecular complexity index is 398. The van der Waals surface area contributed by atoms with Gasteiger partial charge in [-0.05, 0) is 32.9 Å². The van der Waals surface area contributed by atoms with E-state index < -0.39 is 6.10 Å². The monoisotopic (exact) mass is 303 g/mol. The van der Waals surface area contributed by atoms with E-state index in [1.807, 2.05) is 12.1 Å². The zero-order valence-corrected chi connectivity index (χ0v) is 13.4. The predicted octanol–water partition coefficient (Wildman–Crippen LogP) is 4.54. The number of aliphatic hydroxyl groups excluding tert-OH is 1. The van der Waals surface area contributed by atoms with Crippen LogP contribution in [0.4, 0.5) is 0 Å². The zero-order valence-electron chi connectivity index (χ0n) is 11.9. The van der Waals surface area contributed by atoms with Crippen LogP contribution in [0.2, 0.25) is 10.0 Å². The Hall–Kier alpha value is -0.280. The minimum atomic E-state index is -0.567.